The molecule has 1 rings (SSSR count). The van der Waals surface area contributed by atoms with Crippen LogP contribution >= 0.6 is 0 Å². The van der Waals surface area contributed by atoms with E-state index in [-0.39, 0.29) is 49.4 Å². The maximum Gasteiger partial charge on any atom is 0.514 e. The SMILES string of the molecule is COC(=O)[C@@](N)(CCOC(=O)OCCC(C)C)Cc1ccc(OC(=O)O[C@@H](C)C(C)C)c(OC(=O)OC(C)C(C)C)c1. The van der Waals surface area contributed by atoms with Crippen molar-refractivity contribution in [1.82, 2.24) is 0 Å². The zero-order valence-corrected chi connectivity index (χ0v) is 26.2. The number of ether oxygens (including phenoxy) is 7. The molecule has 2 N–H and O–H groups in total. The molecule has 0 radical (unpaired) electrons. The van der Waals surface area contributed by atoms with Crippen LogP contribution in [0.25, 0.3) is 0 Å². The number of rotatable bonds is 15. The molecule has 0 fully saturated rings. The highest BCUT2D eigenvalue weighted by Crippen LogP contribution is 2.32. The summed E-state index contributed by atoms with van der Waals surface area (Å²) in [6, 6.07) is 4.31. The minimum Gasteiger partial charge on any atom is -0.468 e. The predicted molar refractivity (Wildman–Crippen MR) is 153 cm³/mol. The van der Waals surface area contributed by atoms with Gasteiger partial charge in [0.25, 0.3) is 0 Å². The molecule has 0 bridgehead atoms. The number of benzene rings is 1. The lowest BCUT2D eigenvalue weighted by Gasteiger charge is -2.26. The number of carbonyl (C=O) groups is 4. The number of nitrogens with two attached hydrogens (primary N) is 1. The molecule has 3 atom stereocenters. The molecule has 0 saturated heterocycles. The van der Waals surface area contributed by atoms with E-state index in [0.717, 1.165) is 0 Å². The summed E-state index contributed by atoms with van der Waals surface area (Å²) in [6.45, 7) is 14.9. The molecule has 12 heteroatoms. The van der Waals surface area contributed by atoms with Gasteiger partial charge in [0.2, 0.25) is 0 Å². The maximum atomic E-state index is 12.7. The molecule has 0 saturated carbocycles. The van der Waals surface area contributed by atoms with Gasteiger partial charge in [-0.05, 0) is 55.7 Å². The molecule has 12 nitrogen and oxygen atoms in total. The Morgan fingerprint density at radius 3 is 1.79 bits per heavy atom. The van der Waals surface area contributed by atoms with Crippen LogP contribution in [0.1, 0.15) is 73.8 Å². The van der Waals surface area contributed by atoms with Crippen LogP contribution in [0.5, 0.6) is 11.5 Å². The summed E-state index contributed by atoms with van der Waals surface area (Å²) < 4.78 is 36.3. The molecule has 0 amide bonds. The molecule has 0 aromatic heterocycles. The molecule has 0 spiro atoms. The fraction of sp³-hybridized carbons (Fsp3) is 0.667. The van der Waals surface area contributed by atoms with Crippen molar-refractivity contribution >= 4 is 24.4 Å². The first-order chi connectivity index (χ1) is 19.6. The fourth-order valence-electron chi connectivity index (χ4n) is 3.20. The van der Waals surface area contributed by atoms with Crippen molar-refractivity contribution in [1.29, 1.82) is 0 Å². The second kappa shape index (κ2) is 17.4. The summed E-state index contributed by atoms with van der Waals surface area (Å²) >= 11 is 0. The van der Waals surface area contributed by atoms with E-state index in [2.05, 4.69) is 0 Å². The van der Waals surface area contributed by atoms with Crippen molar-refractivity contribution in [2.45, 2.75) is 92.4 Å². The highest BCUT2D eigenvalue weighted by atomic mass is 16.8. The van der Waals surface area contributed by atoms with Gasteiger partial charge in [-0.25, -0.2) is 14.4 Å². The van der Waals surface area contributed by atoms with Crippen molar-refractivity contribution in [2.24, 2.45) is 23.5 Å². The molecule has 0 aliphatic heterocycles. The summed E-state index contributed by atoms with van der Waals surface area (Å²) in [5, 5.41) is 0. The molecule has 1 aromatic rings. The van der Waals surface area contributed by atoms with Gasteiger partial charge < -0.3 is 38.9 Å². The van der Waals surface area contributed by atoms with E-state index in [0.29, 0.717) is 17.9 Å². The van der Waals surface area contributed by atoms with Crippen molar-refractivity contribution in [2.75, 3.05) is 20.3 Å². The largest absolute Gasteiger partial charge is 0.514 e. The van der Waals surface area contributed by atoms with Crippen LogP contribution in [-0.4, -0.2) is 62.5 Å². The highest BCUT2D eigenvalue weighted by Gasteiger charge is 2.36. The second-order valence-corrected chi connectivity index (χ2v) is 11.3. The Bertz CT molecular complexity index is 1040. The average Bonchev–Trinajstić information content (AvgIpc) is 2.89. The monoisotopic (exact) mass is 597 g/mol. The Morgan fingerprint density at radius 2 is 1.29 bits per heavy atom. The van der Waals surface area contributed by atoms with E-state index in [1.54, 1.807) is 13.8 Å². The van der Waals surface area contributed by atoms with E-state index in [1.807, 2.05) is 41.5 Å². The van der Waals surface area contributed by atoms with Crippen molar-refractivity contribution in [3.63, 3.8) is 0 Å². The molecule has 42 heavy (non-hydrogen) atoms. The fourth-order valence-corrected chi connectivity index (χ4v) is 3.20. The molecule has 0 aliphatic carbocycles. The number of hydrogen-bond donors (Lipinski definition) is 1. The van der Waals surface area contributed by atoms with Gasteiger partial charge in [-0.1, -0.05) is 47.6 Å². The number of hydrogen-bond acceptors (Lipinski definition) is 12. The lowest BCUT2D eigenvalue weighted by atomic mass is 9.88. The first kappa shape index (κ1) is 36.5. The summed E-state index contributed by atoms with van der Waals surface area (Å²) in [5.41, 5.74) is 5.23. The van der Waals surface area contributed by atoms with Gasteiger partial charge in [-0.15, -0.1) is 0 Å². The van der Waals surface area contributed by atoms with Crippen molar-refractivity contribution in [3.05, 3.63) is 23.8 Å². The van der Waals surface area contributed by atoms with Crippen LogP contribution in [0.4, 0.5) is 14.4 Å². The number of carbonyl (C=O) groups excluding carboxylic acids is 4. The standard InChI is InChI=1S/C30H47NO11/c1-18(2)12-14-37-27(33)38-15-13-30(31,26(32)36-9)17-23-10-11-24(41-28(34)39-21(7)19(3)4)25(16-23)42-29(35)40-22(8)20(5)6/h10-11,16,18-22H,12-15,17,31H2,1-9H3/t21-,22?,30+/m0/s1. The molecule has 238 valence electrons. The molecule has 0 heterocycles. The Labute approximate surface area is 248 Å². The van der Waals surface area contributed by atoms with Crippen LogP contribution in [-0.2, 0) is 34.9 Å². The summed E-state index contributed by atoms with van der Waals surface area (Å²) in [6.07, 6.45) is -3.26. The second-order valence-electron chi connectivity index (χ2n) is 11.3. The topological polar surface area (TPSA) is 159 Å². The first-order valence-electron chi connectivity index (χ1n) is 14.1. The minimum atomic E-state index is -1.62. The van der Waals surface area contributed by atoms with E-state index >= 15 is 0 Å². The van der Waals surface area contributed by atoms with Gasteiger partial charge >= 0.3 is 24.4 Å². The molecular formula is C30H47NO11. The predicted octanol–water partition coefficient (Wildman–Crippen LogP) is 5.81. The molecular weight excluding hydrogens is 550 g/mol. The third-order valence-electron chi connectivity index (χ3n) is 6.63. The summed E-state index contributed by atoms with van der Waals surface area (Å²) in [7, 11) is 1.19. The van der Waals surface area contributed by atoms with Gasteiger partial charge in [0.15, 0.2) is 11.5 Å². The Morgan fingerprint density at radius 1 is 0.762 bits per heavy atom. The van der Waals surface area contributed by atoms with Gasteiger partial charge in [0, 0.05) is 12.8 Å². The summed E-state index contributed by atoms with van der Waals surface area (Å²) in [4.78, 5) is 49.5. The smallest absolute Gasteiger partial charge is 0.468 e. The van der Waals surface area contributed by atoms with Crippen LogP contribution in [0.3, 0.4) is 0 Å². The Hall–Kier alpha value is -3.54. The molecule has 0 aliphatic rings. The highest BCUT2D eigenvalue weighted by molar-refractivity contribution is 5.81. The maximum absolute atomic E-state index is 12.7. The molecule has 1 unspecified atom stereocenters. The Balaban J connectivity index is 3.15. The third-order valence-corrected chi connectivity index (χ3v) is 6.63. The average molecular weight is 598 g/mol. The number of methoxy groups -OCH3 is 1. The van der Waals surface area contributed by atoms with Gasteiger partial charge in [0.1, 0.15) is 17.7 Å². The zero-order valence-electron chi connectivity index (χ0n) is 26.2. The van der Waals surface area contributed by atoms with Crippen LogP contribution in [0.2, 0.25) is 0 Å². The van der Waals surface area contributed by atoms with E-state index in [9.17, 15) is 19.2 Å². The normalized spacial score (nSPS) is 14.0. The van der Waals surface area contributed by atoms with Crippen molar-refractivity contribution in [3.8, 4) is 11.5 Å². The summed E-state index contributed by atoms with van der Waals surface area (Å²) in [5.74, 6) is -0.584. The van der Waals surface area contributed by atoms with Crippen LogP contribution < -0.4 is 15.2 Å². The molecule has 1 aromatic carbocycles. The first-order valence-corrected chi connectivity index (χ1v) is 14.1. The van der Waals surface area contributed by atoms with Gasteiger partial charge in [0.05, 0.1) is 20.3 Å². The van der Waals surface area contributed by atoms with E-state index in [4.69, 9.17) is 38.9 Å². The quantitative estimate of drug-likeness (QED) is 0.147. The van der Waals surface area contributed by atoms with Crippen LogP contribution in [0.15, 0.2) is 18.2 Å². The minimum absolute atomic E-state index is 0.0275. The van der Waals surface area contributed by atoms with E-state index < -0.39 is 42.2 Å². The van der Waals surface area contributed by atoms with Gasteiger partial charge in [-0.3, -0.25) is 4.79 Å². The lowest BCUT2D eigenvalue weighted by Crippen LogP contribution is -2.51. The van der Waals surface area contributed by atoms with E-state index in [1.165, 1.54) is 25.3 Å². The van der Waals surface area contributed by atoms with Crippen molar-refractivity contribution < 1.29 is 52.3 Å². The lowest BCUT2D eigenvalue weighted by molar-refractivity contribution is -0.147. The zero-order chi connectivity index (χ0) is 32.0. The third kappa shape index (κ3) is 13.0. The van der Waals surface area contributed by atoms with Gasteiger partial charge in [-0.2, -0.15) is 0 Å². The van der Waals surface area contributed by atoms with Crippen LogP contribution in [0, 0.1) is 17.8 Å². The Kier molecular flexibility index (Phi) is 15.1. The number of esters is 1.